The van der Waals surface area contributed by atoms with Crippen molar-refractivity contribution >= 4 is 0 Å². The number of nitrogens with one attached hydrogen (secondary N) is 1. The minimum atomic E-state index is 0.594. The van der Waals surface area contributed by atoms with E-state index in [9.17, 15) is 0 Å². The van der Waals surface area contributed by atoms with Crippen molar-refractivity contribution in [1.29, 1.82) is 0 Å². The summed E-state index contributed by atoms with van der Waals surface area (Å²) in [5.41, 5.74) is 0.950. The van der Waals surface area contributed by atoms with E-state index >= 15 is 0 Å². The fourth-order valence-corrected chi connectivity index (χ4v) is 1.83. The second kappa shape index (κ2) is 6.02. The Morgan fingerprint density at radius 1 is 1.10 bits per heavy atom. The van der Waals surface area contributed by atoms with Gasteiger partial charge in [0.05, 0.1) is 25.0 Å². The van der Waals surface area contributed by atoms with Crippen molar-refractivity contribution in [1.82, 2.24) is 40.5 Å². The van der Waals surface area contributed by atoms with Crippen LogP contribution in [0.25, 0.3) is 5.69 Å². The quantitative estimate of drug-likeness (QED) is 0.637. The lowest BCUT2D eigenvalue weighted by Gasteiger charge is -2.05. The lowest BCUT2D eigenvalue weighted by atomic mass is 10.3. The molecular formula is C12H14N8. The number of hydrogen-bond donors (Lipinski definition) is 1. The van der Waals surface area contributed by atoms with Gasteiger partial charge in [-0.05, 0) is 22.6 Å². The van der Waals surface area contributed by atoms with Gasteiger partial charge in [0.25, 0.3) is 0 Å². The number of benzene rings is 1. The summed E-state index contributed by atoms with van der Waals surface area (Å²) in [6.07, 6.45) is 3.49. The Morgan fingerprint density at radius 2 is 2.00 bits per heavy atom. The smallest absolute Gasteiger partial charge is 0.170 e. The van der Waals surface area contributed by atoms with E-state index in [1.54, 1.807) is 15.6 Å². The second-order valence-corrected chi connectivity index (χ2v) is 4.19. The van der Waals surface area contributed by atoms with Crippen LogP contribution in [-0.2, 0) is 13.1 Å². The third-order valence-electron chi connectivity index (χ3n) is 2.81. The standard InChI is InChI=1S/C12H14N8/c1-2-4-11(5-3-1)20-12(15-16-18-20)10-13-6-8-19-9-7-14-17-19/h1-5,7,9,13H,6,8,10H2. The Balaban J connectivity index is 1.57. The average Bonchev–Trinajstić information content (AvgIpc) is 3.16. The predicted octanol–water partition coefficient (Wildman–Crippen LogP) is 0.0436. The molecule has 0 spiro atoms. The Bertz CT molecular complexity index is 631. The summed E-state index contributed by atoms with van der Waals surface area (Å²) in [7, 11) is 0. The Hall–Kier alpha value is -2.61. The van der Waals surface area contributed by atoms with Crippen LogP contribution in [0.4, 0.5) is 0 Å². The maximum Gasteiger partial charge on any atom is 0.170 e. The van der Waals surface area contributed by atoms with Crippen LogP contribution in [0.1, 0.15) is 5.82 Å². The number of nitrogens with zero attached hydrogens (tertiary/aromatic N) is 7. The second-order valence-electron chi connectivity index (χ2n) is 4.19. The first-order chi connectivity index (χ1) is 9.93. The maximum absolute atomic E-state index is 4.03. The van der Waals surface area contributed by atoms with Crippen molar-refractivity contribution in [2.24, 2.45) is 0 Å². The van der Waals surface area contributed by atoms with E-state index < -0.39 is 0 Å². The zero-order valence-corrected chi connectivity index (χ0v) is 10.8. The van der Waals surface area contributed by atoms with Gasteiger partial charge in [0.15, 0.2) is 5.82 Å². The molecule has 2 heterocycles. The molecule has 1 N–H and O–H groups in total. The van der Waals surface area contributed by atoms with Gasteiger partial charge in [0.2, 0.25) is 0 Å². The highest BCUT2D eigenvalue weighted by atomic mass is 15.5. The van der Waals surface area contributed by atoms with E-state index in [0.29, 0.717) is 6.54 Å². The Labute approximate surface area is 115 Å². The normalized spacial score (nSPS) is 10.8. The molecule has 0 radical (unpaired) electrons. The molecule has 0 aliphatic rings. The van der Waals surface area contributed by atoms with Crippen molar-refractivity contribution in [2.75, 3.05) is 6.54 Å². The van der Waals surface area contributed by atoms with Crippen molar-refractivity contribution in [3.8, 4) is 5.69 Å². The predicted molar refractivity (Wildman–Crippen MR) is 70.9 cm³/mol. The Kier molecular flexibility index (Phi) is 3.74. The topological polar surface area (TPSA) is 86.3 Å². The van der Waals surface area contributed by atoms with Crippen LogP contribution in [0.15, 0.2) is 42.7 Å². The van der Waals surface area contributed by atoms with Crippen molar-refractivity contribution < 1.29 is 0 Å². The van der Waals surface area contributed by atoms with Crippen LogP contribution >= 0.6 is 0 Å². The van der Waals surface area contributed by atoms with Gasteiger partial charge in [0, 0.05) is 12.7 Å². The van der Waals surface area contributed by atoms with Gasteiger partial charge in [-0.25, -0.2) is 0 Å². The fourth-order valence-electron chi connectivity index (χ4n) is 1.83. The summed E-state index contributed by atoms with van der Waals surface area (Å²) in [4.78, 5) is 0. The van der Waals surface area contributed by atoms with Crippen LogP contribution in [0.3, 0.4) is 0 Å². The molecular weight excluding hydrogens is 256 g/mol. The van der Waals surface area contributed by atoms with Gasteiger partial charge >= 0.3 is 0 Å². The van der Waals surface area contributed by atoms with E-state index in [-0.39, 0.29) is 0 Å². The minimum Gasteiger partial charge on any atom is -0.308 e. The summed E-state index contributed by atoms with van der Waals surface area (Å²) in [6, 6.07) is 9.81. The molecule has 0 bridgehead atoms. The molecule has 0 unspecified atom stereocenters. The number of para-hydroxylation sites is 1. The highest BCUT2D eigenvalue weighted by Crippen LogP contribution is 2.06. The maximum atomic E-state index is 4.03. The molecule has 0 saturated carbocycles. The summed E-state index contributed by atoms with van der Waals surface area (Å²) in [5.74, 6) is 0.773. The number of aromatic nitrogens is 7. The van der Waals surface area contributed by atoms with E-state index in [4.69, 9.17) is 0 Å². The third-order valence-corrected chi connectivity index (χ3v) is 2.81. The van der Waals surface area contributed by atoms with Gasteiger partial charge < -0.3 is 5.32 Å². The number of hydrogen-bond acceptors (Lipinski definition) is 6. The summed E-state index contributed by atoms with van der Waals surface area (Å²) in [5, 5.41) is 22.7. The molecule has 3 aromatic rings. The molecule has 0 saturated heterocycles. The van der Waals surface area contributed by atoms with Gasteiger partial charge in [-0.3, -0.25) is 4.68 Å². The molecule has 0 amide bonds. The van der Waals surface area contributed by atoms with E-state index in [1.807, 2.05) is 36.5 Å². The van der Waals surface area contributed by atoms with Crippen LogP contribution in [0, 0.1) is 0 Å². The average molecular weight is 270 g/mol. The zero-order chi connectivity index (χ0) is 13.6. The number of tetrazole rings is 1. The van der Waals surface area contributed by atoms with Crippen molar-refractivity contribution in [2.45, 2.75) is 13.1 Å². The molecule has 8 heteroatoms. The fraction of sp³-hybridized carbons (Fsp3) is 0.250. The van der Waals surface area contributed by atoms with Gasteiger partial charge in [-0.2, -0.15) is 4.68 Å². The highest BCUT2D eigenvalue weighted by Gasteiger charge is 2.06. The van der Waals surface area contributed by atoms with Gasteiger partial charge in [0.1, 0.15) is 0 Å². The molecule has 8 nitrogen and oxygen atoms in total. The molecule has 1 aromatic carbocycles. The molecule has 102 valence electrons. The zero-order valence-electron chi connectivity index (χ0n) is 10.8. The largest absolute Gasteiger partial charge is 0.308 e. The van der Waals surface area contributed by atoms with Crippen LogP contribution in [-0.4, -0.2) is 41.7 Å². The molecule has 0 atom stereocenters. The summed E-state index contributed by atoms with van der Waals surface area (Å²) >= 11 is 0. The molecule has 2 aromatic heterocycles. The molecule has 0 aliphatic heterocycles. The first kappa shape index (κ1) is 12.4. The van der Waals surface area contributed by atoms with E-state index in [0.717, 1.165) is 24.6 Å². The monoisotopic (exact) mass is 270 g/mol. The van der Waals surface area contributed by atoms with Gasteiger partial charge in [-0.1, -0.05) is 23.4 Å². The van der Waals surface area contributed by atoms with Crippen LogP contribution < -0.4 is 5.32 Å². The molecule has 0 aliphatic carbocycles. The van der Waals surface area contributed by atoms with E-state index in [2.05, 4.69) is 31.2 Å². The molecule has 3 rings (SSSR count). The minimum absolute atomic E-state index is 0.594. The van der Waals surface area contributed by atoms with Crippen molar-refractivity contribution in [3.05, 3.63) is 48.5 Å². The SMILES string of the molecule is c1ccc(-n2nnnc2CNCCn2ccnn2)cc1. The lowest BCUT2D eigenvalue weighted by Crippen LogP contribution is -2.22. The molecule has 0 fully saturated rings. The highest BCUT2D eigenvalue weighted by molar-refractivity contribution is 5.30. The van der Waals surface area contributed by atoms with Crippen LogP contribution in [0.2, 0.25) is 0 Å². The van der Waals surface area contributed by atoms with Gasteiger partial charge in [-0.15, -0.1) is 10.2 Å². The summed E-state index contributed by atoms with van der Waals surface area (Å²) < 4.78 is 3.50. The van der Waals surface area contributed by atoms with Crippen LogP contribution in [0.5, 0.6) is 0 Å². The Morgan fingerprint density at radius 3 is 2.80 bits per heavy atom. The van der Waals surface area contributed by atoms with E-state index in [1.165, 1.54) is 0 Å². The summed E-state index contributed by atoms with van der Waals surface area (Å²) in [6.45, 7) is 2.12. The molecule has 20 heavy (non-hydrogen) atoms. The lowest BCUT2D eigenvalue weighted by molar-refractivity contribution is 0.530. The van der Waals surface area contributed by atoms with Crippen molar-refractivity contribution in [3.63, 3.8) is 0 Å². The first-order valence-electron chi connectivity index (χ1n) is 6.31. The number of rotatable bonds is 6. The third kappa shape index (κ3) is 2.86. The first-order valence-corrected chi connectivity index (χ1v) is 6.31.